The third kappa shape index (κ3) is 4.11. The van der Waals surface area contributed by atoms with E-state index in [1.54, 1.807) is 23.6 Å². The second-order valence-corrected chi connectivity index (χ2v) is 7.11. The number of benzene rings is 2. The molecular formula is C21H13F4N3OS. The first kappa shape index (κ1) is 19.8. The fourth-order valence-corrected chi connectivity index (χ4v) is 3.54. The first-order valence-corrected chi connectivity index (χ1v) is 9.54. The van der Waals surface area contributed by atoms with Gasteiger partial charge in [0.2, 0.25) is 5.13 Å². The van der Waals surface area contributed by atoms with E-state index in [2.05, 4.69) is 10.1 Å². The van der Waals surface area contributed by atoms with E-state index in [1.165, 1.54) is 42.5 Å². The van der Waals surface area contributed by atoms with E-state index in [0.717, 1.165) is 22.1 Å². The van der Waals surface area contributed by atoms with E-state index in [-0.39, 0.29) is 16.6 Å². The van der Waals surface area contributed by atoms with E-state index >= 15 is 0 Å². The van der Waals surface area contributed by atoms with Gasteiger partial charge in [0.15, 0.2) is 5.69 Å². The van der Waals surface area contributed by atoms with E-state index in [1.807, 2.05) is 0 Å². The largest absolute Gasteiger partial charge is 0.507 e. The summed E-state index contributed by atoms with van der Waals surface area (Å²) in [6.07, 6.45) is -1.78. The van der Waals surface area contributed by atoms with Crippen molar-refractivity contribution in [3.63, 3.8) is 0 Å². The second-order valence-electron chi connectivity index (χ2n) is 6.28. The zero-order chi connectivity index (χ0) is 21.3. The third-order valence-electron chi connectivity index (χ3n) is 4.20. The van der Waals surface area contributed by atoms with Crippen LogP contribution >= 0.6 is 11.3 Å². The van der Waals surface area contributed by atoms with Crippen LogP contribution in [-0.2, 0) is 6.18 Å². The molecule has 0 saturated carbocycles. The molecule has 0 amide bonds. The van der Waals surface area contributed by atoms with E-state index < -0.39 is 17.7 Å². The molecule has 1 N–H and O–H groups in total. The molecule has 2 heterocycles. The Bertz CT molecular complexity index is 1210. The summed E-state index contributed by atoms with van der Waals surface area (Å²) in [7, 11) is 0. The number of aromatic nitrogens is 3. The smallest absolute Gasteiger partial charge is 0.433 e. The van der Waals surface area contributed by atoms with Gasteiger partial charge in [-0.25, -0.2) is 14.1 Å². The zero-order valence-electron chi connectivity index (χ0n) is 15.1. The maximum absolute atomic E-state index is 13.6. The van der Waals surface area contributed by atoms with E-state index in [9.17, 15) is 22.7 Å². The Morgan fingerprint density at radius 2 is 1.73 bits per heavy atom. The number of alkyl halides is 3. The molecule has 4 rings (SSSR count). The van der Waals surface area contributed by atoms with Gasteiger partial charge in [-0.15, -0.1) is 11.3 Å². The maximum atomic E-state index is 13.6. The van der Waals surface area contributed by atoms with Gasteiger partial charge in [0.1, 0.15) is 11.6 Å². The number of thiazole rings is 1. The molecule has 0 fully saturated rings. The van der Waals surface area contributed by atoms with Crippen molar-refractivity contribution in [1.29, 1.82) is 0 Å². The zero-order valence-corrected chi connectivity index (χ0v) is 16.0. The minimum Gasteiger partial charge on any atom is -0.507 e. The number of para-hydroxylation sites is 1. The summed E-state index contributed by atoms with van der Waals surface area (Å²) in [6, 6.07) is 12.9. The molecule has 30 heavy (non-hydrogen) atoms. The van der Waals surface area contributed by atoms with Gasteiger partial charge in [-0.1, -0.05) is 18.2 Å². The molecule has 4 aromatic rings. The van der Waals surface area contributed by atoms with E-state index in [0.29, 0.717) is 16.8 Å². The monoisotopic (exact) mass is 431 g/mol. The van der Waals surface area contributed by atoms with Crippen LogP contribution in [0.4, 0.5) is 17.6 Å². The number of hydrogen-bond acceptors (Lipinski definition) is 4. The second kappa shape index (κ2) is 7.75. The molecule has 0 spiro atoms. The van der Waals surface area contributed by atoms with Crippen LogP contribution in [-0.4, -0.2) is 19.9 Å². The molecule has 2 aromatic heterocycles. The molecule has 0 aliphatic heterocycles. The summed E-state index contributed by atoms with van der Waals surface area (Å²) >= 11 is 0.994. The molecular weight excluding hydrogens is 418 g/mol. The van der Waals surface area contributed by atoms with Crippen molar-refractivity contribution in [3.8, 4) is 22.1 Å². The summed E-state index contributed by atoms with van der Waals surface area (Å²) in [4.78, 5) is 4.23. The summed E-state index contributed by atoms with van der Waals surface area (Å²) in [5, 5.41) is 15.4. The fourth-order valence-electron chi connectivity index (χ4n) is 2.75. The minimum absolute atomic E-state index is 0.00749. The lowest BCUT2D eigenvalue weighted by atomic mass is 10.2. The molecule has 9 heteroatoms. The van der Waals surface area contributed by atoms with Crippen LogP contribution in [0.2, 0.25) is 0 Å². The van der Waals surface area contributed by atoms with Crippen molar-refractivity contribution in [3.05, 3.63) is 82.7 Å². The van der Waals surface area contributed by atoms with Crippen LogP contribution < -0.4 is 0 Å². The highest BCUT2D eigenvalue weighted by Gasteiger charge is 2.36. The molecule has 0 aliphatic rings. The average Bonchev–Trinajstić information content (AvgIpc) is 3.35. The minimum atomic E-state index is -4.64. The Kier molecular flexibility index (Phi) is 5.13. The third-order valence-corrected chi connectivity index (χ3v) is 5.02. The summed E-state index contributed by atoms with van der Waals surface area (Å²) in [5.74, 6) is -0.408. The predicted molar refractivity (Wildman–Crippen MR) is 107 cm³/mol. The van der Waals surface area contributed by atoms with Crippen molar-refractivity contribution in [2.24, 2.45) is 0 Å². The topological polar surface area (TPSA) is 50.9 Å². The Morgan fingerprint density at radius 1 is 1.00 bits per heavy atom. The van der Waals surface area contributed by atoms with Crippen molar-refractivity contribution >= 4 is 23.5 Å². The molecule has 0 radical (unpaired) electrons. The van der Waals surface area contributed by atoms with Crippen LogP contribution in [0.5, 0.6) is 5.75 Å². The summed E-state index contributed by atoms with van der Waals surface area (Å²) in [6.45, 7) is 0. The van der Waals surface area contributed by atoms with Gasteiger partial charge in [0, 0.05) is 16.5 Å². The highest BCUT2D eigenvalue weighted by Crippen LogP contribution is 2.34. The number of phenolic OH excluding ortho intramolecular Hbond substituents is 1. The molecule has 0 atom stereocenters. The SMILES string of the molecule is Oc1ccccc1C=Cc1cc(C(F)(F)F)n(-c2nc(-c3ccc(F)cc3)cs2)n1. The van der Waals surface area contributed by atoms with Gasteiger partial charge < -0.3 is 5.11 Å². The van der Waals surface area contributed by atoms with Crippen LogP contribution in [0.3, 0.4) is 0 Å². The molecule has 2 aromatic carbocycles. The predicted octanol–water partition coefficient (Wildman–Crippen LogP) is 6.03. The van der Waals surface area contributed by atoms with Crippen LogP contribution in [0.1, 0.15) is 17.0 Å². The molecule has 0 unspecified atom stereocenters. The Balaban J connectivity index is 1.71. The number of hydrogen-bond donors (Lipinski definition) is 1. The lowest BCUT2D eigenvalue weighted by Gasteiger charge is -2.07. The lowest BCUT2D eigenvalue weighted by Crippen LogP contribution is -2.13. The molecule has 0 bridgehead atoms. The highest BCUT2D eigenvalue weighted by molar-refractivity contribution is 7.12. The summed E-state index contributed by atoms with van der Waals surface area (Å²) < 4.78 is 54.5. The first-order chi connectivity index (χ1) is 14.3. The standard InChI is InChI=1S/C21H13F4N3OS/c22-15-8-5-13(6-9-15)17-12-30-20(26-17)28-19(21(23,24)25)11-16(27-28)10-7-14-3-1-2-4-18(14)29/h1-12,29H. The van der Waals surface area contributed by atoms with Crippen molar-refractivity contribution < 1.29 is 22.7 Å². The first-order valence-electron chi connectivity index (χ1n) is 8.66. The summed E-state index contributed by atoms with van der Waals surface area (Å²) in [5.41, 5.74) is 0.543. The van der Waals surface area contributed by atoms with Gasteiger partial charge in [0.05, 0.1) is 11.4 Å². The highest BCUT2D eigenvalue weighted by atomic mass is 32.1. The molecule has 0 aliphatic carbocycles. The molecule has 4 nitrogen and oxygen atoms in total. The number of nitrogens with zero attached hydrogens (tertiary/aromatic N) is 3. The molecule has 0 saturated heterocycles. The number of aromatic hydroxyl groups is 1. The van der Waals surface area contributed by atoms with Crippen molar-refractivity contribution in [2.45, 2.75) is 6.18 Å². The van der Waals surface area contributed by atoms with Gasteiger partial charge in [-0.2, -0.15) is 18.3 Å². The van der Waals surface area contributed by atoms with Crippen LogP contribution in [0.25, 0.3) is 28.5 Å². The average molecular weight is 431 g/mol. The van der Waals surface area contributed by atoms with Gasteiger partial charge in [-0.3, -0.25) is 0 Å². The van der Waals surface area contributed by atoms with E-state index in [4.69, 9.17) is 0 Å². The fraction of sp³-hybridized carbons (Fsp3) is 0.0476. The maximum Gasteiger partial charge on any atom is 0.433 e. The van der Waals surface area contributed by atoms with Gasteiger partial charge in [-0.05, 0) is 48.6 Å². The van der Waals surface area contributed by atoms with Crippen molar-refractivity contribution in [2.75, 3.05) is 0 Å². The number of phenols is 1. The van der Waals surface area contributed by atoms with Gasteiger partial charge in [0.25, 0.3) is 0 Å². The molecule has 152 valence electrons. The lowest BCUT2D eigenvalue weighted by molar-refractivity contribution is -0.142. The normalized spacial score (nSPS) is 12.0. The Morgan fingerprint density at radius 3 is 2.43 bits per heavy atom. The van der Waals surface area contributed by atoms with Crippen LogP contribution in [0, 0.1) is 5.82 Å². The Hall–Kier alpha value is -3.46. The van der Waals surface area contributed by atoms with Crippen LogP contribution in [0.15, 0.2) is 60.0 Å². The number of rotatable bonds is 4. The Labute approximate surface area is 172 Å². The van der Waals surface area contributed by atoms with Gasteiger partial charge >= 0.3 is 6.18 Å². The quantitative estimate of drug-likeness (QED) is 0.402. The van der Waals surface area contributed by atoms with Crippen molar-refractivity contribution in [1.82, 2.24) is 14.8 Å². The number of halogens is 4.